The molecule has 6 heteroatoms. The Bertz CT molecular complexity index is 1110. The molecule has 5 rings (SSSR count). The molecule has 0 N–H and O–H groups in total. The second-order valence-electron chi connectivity index (χ2n) is 6.73. The minimum Gasteiger partial charge on any atom is -0.491 e. The van der Waals surface area contributed by atoms with Crippen molar-refractivity contribution in [1.82, 2.24) is 14.5 Å². The van der Waals surface area contributed by atoms with Gasteiger partial charge in [0.2, 0.25) is 0 Å². The molecule has 136 valence electrons. The van der Waals surface area contributed by atoms with E-state index >= 15 is 0 Å². The molecular weight excluding hydrogens is 362 g/mol. The first kappa shape index (κ1) is 16.5. The molecule has 2 aromatic carbocycles. The van der Waals surface area contributed by atoms with E-state index in [1.54, 1.807) is 0 Å². The van der Waals surface area contributed by atoms with Gasteiger partial charge in [-0.2, -0.15) is 0 Å². The Balaban J connectivity index is 1.27. The lowest BCUT2D eigenvalue weighted by Crippen LogP contribution is -2.18. The van der Waals surface area contributed by atoms with E-state index in [9.17, 15) is 0 Å². The molecule has 0 radical (unpaired) electrons. The number of halogens is 1. The molecule has 0 aliphatic carbocycles. The summed E-state index contributed by atoms with van der Waals surface area (Å²) < 4.78 is 14.2. The van der Waals surface area contributed by atoms with E-state index in [1.807, 2.05) is 35.0 Å². The molecular formula is C21H18ClN3O2. The van der Waals surface area contributed by atoms with Crippen molar-refractivity contribution in [2.24, 2.45) is 0 Å². The largest absolute Gasteiger partial charge is 0.491 e. The zero-order valence-electron chi connectivity index (χ0n) is 14.6. The summed E-state index contributed by atoms with van der Waals surface area (Å²) in [5.74, 6) is 0.867. The minimum atomic E-state index is -0.0568. The average molecular weight is 380 g/mol. The maximum absolute atomic E-state index is 6.20. The van der Waals surface area contributed by atoms with Gasteiger partial charge in [-0.1, -0.05) is 41.9 Å². The van der Waals surface area contributed by atoms with Gasteiger partial charge in [0.15, 0.2) is 0 Å². The highest BCUT2D eigenvalue weighted by molar-refractivity contribution is 6.33. The molecule has 1 aliphatic heterocycles. The van der Waals surface area contributed by atoms with Crippen molar-refractivity contribution in [2.75, 3.05) is 6.61 Å². The van der Waals surface area contributed by atoms with Gasteiger partial charge in [0.1, 0.15) is 35.7 Å². The SMILES string of the molecule is Clc1ncnc2c1ccn2C1CCC(COc2ccc3ccccc3c2)O1. The van der Waals surface area contributed by atoms with Gasteiger partial charge in [0.05, 0.1) is 11.5 Å². The predicted octanol–water partition coefficient (Wildman–Crippen LogP) is 4.99. The van der Waals surface area contributed by atoms with Crippen molar-refractivity contribution in [3.05, 3.63) is 66.2 Å². The van der Waals surface area contributed by atoms with Gasteiger partial charge in [-0.05, 0) is 41.8 Å². The first-order chi connectivity index (χ1) is 13.3. The lowest BCUT2D eigenvalue weighted by Gasteiger charge is -2.16. The molecule has 1 saturated heterocycles. The number of benzene rings is 2. The second-order valence-corrected chi connectivity index (χ2v) is 7.09. The molecule has 4 aromatic rings. The highest BCUT2D eigenvalue weighted by Crippen LogP contribution is 2.32. The van der Waals surface area contributed by atoms with Gasteiger partial charge in [0, 0.05) is 6.20 Å². The van der Waals surface area contributed by atoms with Crippen LogP contribution >= 0.6 is 11.6 Å². The number of nitrogens with zero attached hydrogens (tertiary/aromatic N) is 3. The topological polar surface area (TPSA) is 49.2 Å². The van der Waals surface area contributed by atoms with Crippen LogP contribution in [-0.2, 0) is 4.74 Å². The van der Waals surface area contributed by atoms with Crippen molar-refractivity contribution in [3.63, 3.8) is 0 Å². The summed E-state index contributed by atoms with van der Waals surface area (Å²) in [5, 5.41) is 3.70. The predicted molar refractivity (Wildman–Crippen MR) is 105 cm³/mol. The molecule has 0 bridgehead atoms. The fourth-order valence-electron chi connectivity index (χ4n) is 3.63. The summed E-state index contributed by atoms with van der Waals surface area (Å²) in [6.07, 6.45) is 5.29. The van der Waals surface area contributed by atoms with Crippen LogP contribution < -0.4 is 4.74 Å². The summed E-state index contributed by atoms with van der Waals surface area (Å²) in [5.41, 5.74) is 0.802. The van der Waals surface area contributed by atoms with Crippen LogP contribution in [0, 0.1) is 0 Å². The molecule has 5 nitrogen and oxygen atoms in total. The Kier molecular flexibility index (Phi) is 4.19. The van der Waals surface area contributed by atoms with Crippen molar-refractivity contribution < 1.29 is 9.47 Å². The molecule has 27 heavy (non-hydrogen) atoms. The fraction of sp³-hybridized carbons (Fsp3) is 0.238. The highest BCUT2D eigenvalue weighted by atomic mass is 35.5. The van der Waals surface area contributed by atoms with E-state index in [4.69, 9.17) is 21.1 Å². The molecule has 0 amide bonds. The lowest BCUT2D eigenvalue weighted by molar-refractivity contribution is -0.0156. The average Bonchev–Trinajstić information content (AvgIpc) is 3.33. The van der Waals surface area contributed by atoms with Crippen LogP contribution in [0.4, 0.5) is 0 Å². The zero-order valence-corrected chi connectivity index (χ0v) is 15.3. The molecule has 1 aliphatic rings. The van der Waals surface area contributed by atoms with Crippen LogP contribution in [-0.4, -0.2) is 27.2 Å². The van der Waals surface area contributed by atoms with E-state index in [0.29, 0.717) is 11.8 Å². The number of hydrogen-bond acceptors (Lipinski definition) is 4. The number of hydrogen-bond donors (Lipinski definition) is 0. The molecule has 2 unspecified atom stereocenters. The number of rotatable bonds is 4. The molecule has 0 spiro atoms. The van der Waals surface area contributed by atoms with E-state index in [-0.39, 0.29) is 12.3 Å². The highest BCUT2D eigenvalue weighted by Gasteiger charge is 2.28. The number of fused-ring (bicyclic) bond motifs is 2. The first-order valence-corrected chi connectivity index (χ1v) is 9.40. The maximum atomic E-state index is 6.20. The quantitative estimate of drug-likeness (QED) is 0.468. The van der Waals surface area contributed by atoms with Crippen molar-refractivity contribution >= 4 is 33.4 Å². The summed E-state index contributed by atoms with van der Waals surface area (Å²) in [7, 11) is 0. The molecule has 1 fully saturated rings. The Morgan fingerprint density at radius 2 is 1.96 bits per heavy atom. The van der Waals surface area contributed by atoms with Gasteiger partial charge in [0.25, 0.3) is 0 Å². The Hall–Kier alpha value is -2.63. The molecule has 2 aromatic heterocycles. The van der Waals surface area contributed by atoms with Crippen LogP contribution in [0.3, 0.4) is 0 Å². The maximum Gasteiger partial charge on any atom is 0.146 e. The van der Waals surface area contributed by atoms with Gasteiger partial charge >= 0.3 is 0 Å². The summed E-state index contributed by atoms with van der Waals surface area (Å²) >= 11 is 6.14. The third kappa shape index (κ3) is 3.13. The third-order valence-corrected chi connectivity index (χ3v) is 5.31. The Morgan fingerprint density at radius 1 is 1.07 bits per heavy atom. The van der Waals surface area contributed by atoms with Crippen LogP contribution in [0.15, 0.2) is 61.1 Å². The van der Waals surface area contributed by atoms with Gasteiger partial charge in [-0.3, -0.25) is 0 Å². The second kappa shape index (κ2) is 6.83. The van der Waals surface area contributed by atoms with Crippen molar-refractivity contribution in [2.45, 2.75) is 25.2 Å². The molecule has 2 atom stereocenters. The smallest absolute Gasteiger partial charge is 0.146 e. The van der Waals surface area contributed by atoms with Crippen molar-refractivity contribution in [1.29, 1.82) is 0 Å². The molecule has 3 heterocycles. The monoisotopic (exact) mass is 379 g/mol. The van der Waals surface area contributed by atoms with E-state index in [0.717, 1.165) is 29.6 Å². The Labute approximate surface area is 161 Å². The summed E-state index contributed by atoms with van der Waals surface area (Å²) in [4.78, 5) is 8.38. The van der Waals surface area contributed by atoms with Gasteiger partial charge in [-0.25, -0.2) is 9.97 Å². The standard InChI is InChI=1S/C21H18ClN3O2/c22-20-18-9-10-25(21(18)24-13-23-20)19-8-7-17(27-19)12-26-16-6-5-14-3-1-2-4-15(14)11-16/h1-6,9-11,13,17,19H,7-8,12H2. The van der Waals surface area contributed by atoms with Crippen LogP contribution in [0.25, 0.3) is 21.8 Å². The zero-order chi connectivity index (χ0) is 18.2. The fourth-order valence-corrected chi connectivity index (χ4v) is 3.82. The van der Waals surface area contributed by atoms with E-state index in [2.05, 4.69) is 34.2 Å². The molecule has 0 saturated carbocycles. The van der Waals surface area contributed by atoms with Gasteiger partial charge in [-0.15, -0.1) is 0 Å². The van der Waals surface area contributed by atoms with E-state index in [1.165, 1.54) is 17.1 Å². The summed E-state index contributed by atoms with van der Waals surface area (Å²) in [6, 6.07) is 16.4. The first-order valence-electron chi connectivity index (χ1n) is 9.02. The van der Waals surface area contributed by atoms with Gasteiger partial charge < -0.3 is 14.0 Å². The third-order valence-electron chi connectivity index (χ3n) is 5.01. The van der Waals surface area contributed by atoms with Crippen LogP contribution in [0.5, 0.6) is 5.75 Å². The Morgan fingerprint density at radius 3 is 2.89 bits per heavy atom. The van der Waals surface area contributed by atoms with Crippen molar-refractivity contribution in [3.8, 4) is 5.75 Å². The number of ether oxygens (including phenoxy) is 2. The summed E-state index contributed by atoms with van der Waals surface area (Å²) in [6.45, 7) is 0.532. The van der Waals surface area contributed by atoms with Crippen LogP contribution in [0.1, 0.15) is 19.1 Å². The number of aromatic nitrogens is 3. The van der Waals surface area contributed by atoms with E-state index < -0.39 is 0 Å². The minimum absolute atomic E-state index is 0.0521. The van der Waals surface area contributed by atoms with Crippen LogP contribution in [0.2, 0.25) is 5.15 Å². The normalized spacial score (nSPS) is 19.7. The lowest BCUT2D eigenvalue weighted by atomic mass is 10.1.